The topological polar surface area (TPSA) is 86.2 Å². The number of hydrazone groups is 1. The van der Waals surface area contributed by atoms with Crippen molar-refractivity contribution in [1.82, 2.24) is 19.2 Å². The quantitative estimate of drug-likeness (QED) is 0.731. The Morgan fingerprint density at radius 3 is 2.41 bits per heavy atom. The number of sulfonamides is 1. The summed E-state index contributed by atoms with van der Waals surface area (Å²) in [7, 11) is -3.54. The Morgan fingerprint density at radius 2 is 1.72 bits per heavy atom. The third kappa shape index (κ3) is 4.36. The van der Waals surface area contributed by atoms with E-state index in [1.54, 1.807) is 18.3 Å². The van der Waals surface area contributed by atoms with Crippen LogP contribution in [0.3, 0.4) is 0 Å². The Bertz CT molecular complexity index is 987. The second-order valence-electron chi connectivity index (χ2n) is 7.05. The second kappa shape index (κ2) is 8.40. The van der Waals surface area contributed by atoms with Gasteiger partial charge in [0.1, 0.15) is 4.90 Å². The van der Waals surface area contributed by atoms with E-state index in [2.05, 4.69) is 10.1 Å². The van der Waals surface area contributed by atoms with Crippen LogP contribution < -0.4 is 0 Å². The number of rotatable bonds is 5. The van der Waals surface area contributed by atoms with E-state index in [0.717, 1.165) is 17.7 Å². The van der Waals surface area contributed by atoms with Crippen molar-refractivity contribution in [2.45, 2.75) is 11.3 Å². The van der Waals surface area contributed by atoms with Crippen molar-refractivity contribution in [3.8, 4) is 0 Å². The van der Waals surface area contributed by atoms with Crippen molar-refractivity contribution in [2.24, 2.45) is 5.10 Å². The van der Waals surface area contributed by atoms with Gasteiger partial charge in [0.05, 0.1) is 18.8 Å². The minimum Gasteiger partial charge on any atom is -0.292 e. The van der Waals surface area contributed by atoms with E-state index in [4.69, 9.17) is 0 Å². The zero-order chi connectivity index (χ0) is 20.3. The molecule has 8 nitrogen and oxygen atoms in total. The molecule has 1 saturated heterocycles. The Balaban J connectivity index is 1.32. The van der Waals surface area contributed by atoms with E-state index in [-0.39, 0.29) is 17.3 Å². The van der Waals surface area contributed by atoms with Crippen LogP contribution in [-0.2, 0) is 14.8 Å². The number of piperazine rings is 1. The van der Waals surface area contributed by atoms with Gasteiger partial charge in [-0.3, -0.25) is 14.7 Å². The molecular formula is C20H23N5O3S. The highest BCUT2D eigenvalue weighted by Crippen LogP contribution is 2.17. The summed E-state index contributed by atoms with van der Waals surface area (Å²) in [5.41, 5.74) is 1.96. The molecule has 1 fully saturated rings. The van der Waals surface area contributed by atoms with E-state index < -0.39 is 10.0 Å². The lowest BCUT2D eigenvalue weighted by molar-refractivity contribution is -0.132. The highest BCUT2D eigenvalue weighted by atomic mass is 32.2. The molecule has 0 saturated carbocycles. The maximum absolute atomic E-state index is 12.7. The molecule has 2 aliphatic rings. The largest absolute Gasteiger partial charge is 0.292 e. The maximum Gasteiger partial charge on any atom is 0.256 e. The summed E-state index contributed by atoms with van der Waals surface area (Å²) < 4.78 is 26.8. The predicted octanol–water partition coefficient (Wildman–Crippen LogP) is 1.02. The fourth-order valence-electron chi connectivity index (χ4n) is 3.52. The van der Waals surface area contributed by atoms with Gasteiger partial charge in [0.25, 0.3) is 5.91 Å². The highest BCUT2D eigenvalue weighted by molar-refractivity contribution is 7.89. The van der Waals surface area contributed by atoms with Gasteiger partial charge in [0, 0.05) is 45.0 Å². The monoisotopic (exact) mass is 413 g/mol. The number of hydrogen-bond donors (Lipinski definition) is 0. The smallest absolute Gasteiger partial charge is 0.256 e. The number of aromatic nitrogens is 1. The summed E-state index contributed by atoms with van der Waals surface area (Å²) in [6, 6.07) is 13.0. The number of benzene rings is 1. The number of carbonyl (C=O) groups is 1. The molecular weight excluding hydrogens is 390 g/mol. The molecule has 9 heteroatoms. The van der Waals surface area contributed by atoms with E-state index in [1.807, 2.05) is 35.2 Å². The molecule has 0 unspecified atom stereocenters. The van der Waals surface area contributed by atoms with Crippen LogP contribution in [0, 0.1) is 0 Å². The Morgan fingerprint density at radius 1 is 0.966 bits per heavy atom. The Hall–Kier alpha value is -2.62. The van der Waals surface area contributed by atoms with Gasteiger partial charge < -0.3 is 0 Å². The van der Waals surface area contributed by atoms with Crippen LogP contribution in [-0.4, -0.2) is 78.5 Å². The average Bonchev–Trinajstić information content (AvgIpc) is 3.26. The van der Waals surface area contributed by atoms with Gasteiger partial charge in [-0.05, 0) is 17.7 Å². The van der Waals surface area contributed by atoms with E-state index >= 15 is 0 Å². The average molecular weight is 414 g/mol. The lowest BCUT2D eigenvalue weighted by atomic mass is 10.1. The zero-order valence-electron chi connectivity index (χ0n) is 16.0. The molecule has 29 heavy (non-hydrogen) atoms. The molecule has 0 atom stereocenters. The van der Waals surface area contributed by atoms with Gasteiger partial charge in [-0.25, -0.2) is 13.4 Å². The first-order chi connectivity index (χ1) is 14.0. The zero-order valence-corrected chi connectivity index (χ0v) is 16.8. The first-order valence-electron chi connectivity index (χ1n) is 9.60. The number of carbonyl (C=O) groups excluding carboxylic acids is 1. The second-order valence-corrected chi connectivity index (χ2v) is 8.99. The molecule has 0 radical (unpaired) electrons. The van der Waals surface area contributed by atoms with Crippen molar-refractivity contribution < 1.29 is 13.2 Å². The normalized spacial score (nSPS) is 18.6. The summed E-state index contributed by atoms with van der Waals surface area (Å²) in [5, 5.41) is 6.01. The van der Waals surface area contributed by atoms with Crippen molar-refractivity contribution in [3.05, 3.63) is 60.4 Å². The van der Waals surface area contributed by atoms with Crippen molar-refractivity contribution >= 4 is 21.6 Å². The SMILES string of the molecule is O=C(CN1CCN(S(=O)(=O)c2cccnc2)CC1)N1CCC(c2ccccc2)=N1. The molecule has 1 amide bonds. The van der Waals surface area contributed by atoms with E-state index in [0.29, 0.717) is 32.7 Å². The van der Waals surface area contributed by atoms with Crippen LogP contribution in [0.4, 0.5) is 0 Å². The predicted molar refractivity (Wildman–Crippen MR) is 109 cm³/mol. The van der Waals surface area contributed by atoms with Gasteiger partial charge in [0.15, 0.2) is 0 Å². The van der Waals surface area contributed by atoms with E-state index in [9.17, 15) is 13.2 Å². The highest BCUT2D eigenvalue weighted by Gasteiger charge is 2.30. The number of pyridine rings is 1. The Kier molecular flexibility index (Phi) is 5.70. The third-order valence-corrected chi connectivity index (χ3v) is 7.04. The van der Waals surface area contributed by atoms with Crippen molar-refractivity contribution in [1.29, 1.82) is 0 Å². The van der Waals surface area contributed by atoms with Crippen LogP contribution in [0.25, 0.3) is 0 Å². The third-order valence-electron chi connectivity index (χ3n) is 5.16. The van der Waals surface area contributed by atoms with Crippen molar-refractivity contribution in [3.63, 3.8) is 0 Å². The van der Waals surface area contributed by atoms with Crippen molar-refractivity contribution in [2.75, 3.05) is 39.3 Å². The van der Waals surface area contributed by atoms with Gasteiger partial charge in [-0.1, -0.05) is 30.3 Å². The molecule has 0 bridgehead atoms. The van der Waals surface area contributed by atoms with Crippen LogP contribution in [0.2, 0.25) is 0 Å². The Labute approximate surface area is 170 Å². The summed E-state index contributed by atoms with van der Waals surface area (Å²) in [5.74, 6) is -0.0560. The summed E-state index contributed by atoms with van der Waals surface area (Å²) in [6.45, 7) is 2.54. The number of hydrogen-bond acceptors (Lipinski definition) is 6. The van der Waals surface area contributed by atoms with E-state index in [1.165, 1.54) is 15.5 Å². The first kappa shape index (κ1) is 19.7. The number of nitrogens with zero attached hydrogens (tertiary/aromatic N) is 5. The molecule has 152 valence electrons. The van der Waals surface area contributed by atoms with Gasteiger partial charge in [0.2, 0.25) is 10.0 Å². The summed E-state index contributed by atoms with van der Waals surface area (Å²) in [6.07, 6.45) is 3.65. The maximum atomic E-state index is 12.7. The van der Waals surface area contributed by atoms with Gasteiger partial charge in [-0.2, -0.15) is 9.41 Å². The fraction of sp³-hybridized carbons (Fsp3) is 0.350. The molecule has 2 aromatic rings. The van der Waals surface area contributed by atoms with Crippen LogP contribution >= 0.6 is 0 Å². The summed E-state index contributed by atoms with van der Waals surface area (Å²) in [4.78, 5) is 18.7. The first-order valence-corrected chi connectivity index (χ1v) is 11.0. The van der Waals surface area contributed by atoms with Gasteiger partial charge in [-0.15, -0.1) is 0 Å². The molecule has 0 N–H and O–H groups in total. The standard InChI is InChI=1S/C20H23N5O3S/c26-20(25-10-8-19(22-25)17-5-2-1-3-6-17)16-23-11-13-24(14-12-23)29(27,28)18-7-4-9-21-15-18/h1-7,9,15H,8,10-14,16H2. The lowest BCUT2D eigenvalue weighted by Gasteiger charge is -2.33. The molecule has 3 heterocycles. The lowest BCUT2D eigenvalue weighted by Crippen LogP contribution is -2.50. The summed E-state index contributed by atoms with van der Waals surface area (Å²) >= 11 is 0. The molecule has 1 aromatic heterocycles. The minimum atomic E-state index is -3.54. The minimum absolute atomic E-state index is 0.0560. The molecule has 0 aliphatic carbocycles. The van der Waals surface area contributed by atoms with Crippen LogP contribution in [0.15, 0.2) is 64.9 Å². The molecule has 2 aliphatic heterocycles. The van der Waals surface area contributed by atoms with Crippen LogP contribution in [0.5, 0.6) is 0 Å². The number of amides is 1. The fourth-order valence-corrected chi connectivity index (χ4v) is 4.91. The molecule has 4 rings (SSSR count). The van der Waals surface area contributed by atoms with Gasteiger partial charge >= 0.3 is 0 Å². The van der Waals surface area contributed by atoms with Crippen LogP contribution in [0.1, 0.15) is 12.0 Å². The molecule has 0 spiro atoms. The molecule has 1 aromatic carbocycles.